The number of rotatable bonds is 4. The lowest BCUT2D eigenvalue weighted by Crippen LogP contribution is -2.13. The maximum absolute atomic E-state index is 11.6. The molecular weight excluding hydrogens is 538 g/mol. The van der Waals surface area contributed by atoms with E-state index in [1.54, 1.807) is 12.1 Å². The molecule has 0 aliphatic carbocycles. The van der Waals surface area contributed by atoms with Crippen molar-refractivity contribution >= 4 is 70.5 Å². The van der Waals surface area contributed by atoms with Crippen LogP contribution in [-0.2, 0) is 5.41 Å². The number of nitrogens with one attached hydrogen (secondary N) is 1. The van der Waals surface area contributed by atoms with Gasteiger partial charge in [0.15, 0.2) is 5.69 Å². The Hall–Kier alpha value is -1.52. The Bertz CT molecular complexity index is 852. The van der Waals surface area contributed by atoms with Gasteiger partial charge in [0, 0.05) is 25.6 Å². The van der Waals surface area contributed by atoms with E-state index in [-0.39, 0.29) is 17.1 Å². The predicted molar refractivity (Wildman–Crippen MR) is 111 cm³/mol. The third kappa shape index (κ3) is 4.41. The summed E-state index contributed by atoms with van der Waals surface area (Å²) in [6.07, 6.45) is 0. The van der Waals surface area contributed by atoms with Gasteiger partial charge in [-0.15, -0.1) is 0 Å². The van der Waals surface area contributed by atoms with Crippen LogP contribution in [0, 0.1) is 20.2 Å². The van der Waals surface area contributed by atoms with E-state index in [2.05, 4.69) is 53.1 Å². The minimum absolute atomic E-state index is 0.170. The fraction of sp³-hybridized carbons (Fsp3) is 0.250. The minimum Gasteiger partial charge on any atom is -0.342 e. The molecule has 138 valence electrons. The van der Waals surface area contributed by atoms with Crippen LogP contribution in [0.4, 0.5) is 22.7 Å². The maximum atomic E-state index is 11.6. The average molecular weight is 552 g/mol. The van der Waals surface area contributed by atoms with E-state index < -0.39 is 15.3 Å². The van der Waals surface area contributed by atoms with Crippen LogP contribution in [0.5, 0.6) is 0 Å². The van der Waals surface area contributed by atoms with Gasteiger partial charge in [0.25, 0.3) is 11.4 Å². The first-order valence-corrected chi connectivity index (χ1v) is 9.68. The van der Waals surface area contributed by atoms with E-state index in [9.17, 15) is 20.2 Å². The zero-order valence-corrected chi connectivity index (χ0v) is 18.7. The normalized spacial score (nSPS) is 11.3. The highest BCUT2D eigenvalue weighted by atomic mass is 79.9. The molecule has 0 fully saturated rings. The van der Waals surface area contributed by atoms with E-state index in [0.29, 0.717) is 20.2 Å². The van der Waals surface area contributed by atoms with E-state index >= 15 is 0 Å². The van der Waals surface area contributed by atoms with Crippen LogP contribution in [0.15, 0.2) is 37.7 Å². The standard InChI is InChI=1S/C16H14Br3N3O4/c1-16(2,3)8-4-12(21(23)24)15(13(5-8)22(25)26)20-14-10(18)6-9(17)7-11(14)19/h4-7,20H,1-3H3. The molecule has 0 aliphatic heterocycles. The summed E-state index contributed by atoms with van der Waals surface area (Å²) in [7, 11) is 0. The van der Waals surface area contributed by atoms with Gasteiger partial charge in [-0.25, -0.2) is 0 Å². The zero-order chi connectivity index (χ0) is 19.8. The summed E-state index contributed by atoms with van der Waals surface area (Å²) in [6.45, 7) is 5.51. The smallest absolute Gasteiger partial charge is 0.300 e. The molecule has 0 heterocycles. The molecule has 0 aliphatic rings. The van der Waals surface area contributed by atoms with Crippen molar-refractivity contribution < 1.29 is 9.85 Å². The lowest BCUT2D eigenvalue weighted by molar-refractivity contribution is -0.392. The lowest BCUT2D eigenvalue weighted by Gasteiger charge is -2.20. The van der Waals surface area contributed by atoms with Crippen molar-refractivity contribution in [2.75, 3.05) is 5.32 Å². The predicted octanol–water partition coefficient (Wildman–Crippen LogP) is 6.83. The quantitative estimate of drug-likeness (QED) is 0.331. The highest BCUT2D eigenvalue weighted by Gasteiger charge is 2.30. The molecule has 7 nitrogen and oxygen atoms in total. The second kappa shape index (κ2) is 7.61. The first-order chi connectivity index (χ1) is 11.9. The van der Waals surface area contributed by atoms with E-state index in [0.717, 1.165) is 4.47 Å². The van der Waals surface area contributed by atoms with Crippen LogP contribution in [0.3, 0.4) is 0 Å². The molecule has 0 amide bonds. The van der Waals surface area contributed by atoms with Gasteiger partial charge in [0.1, 0.15) is 0 Å². The molecule has 0 bridgehead atoms. The van der Waals surface area contributed by atoms with Crippen LogP contribution in [0.2, 0.25) is 0 Å². The number of benzene rings is 2. The first kappa shape index (κ1) is 20.8. The Labute approximate surface area is 174 Å². The monoisotopic (exact) mass is 549 g/mol. The van der Waals surface area contributed by atoms with Gasteiger partial charge in [-0.3, -0.25) is 20.2 Å². The Morgan fingerprint density at radius 1 is 0.846 bits per heavy atom. The van der Waals surface area contributed by atoms with Gasteiger partial charge in [0.05, 0.1) is 15.5 Å². The van der Waals surface area contributed by atoms with Gasteiger partial charge in [-0.05, 0) is 55.0 Å². The van der Waals surface area contributed by atoms with Crippen LogP contribution >= 0.6 is 47.8 Å². The van der Waals surface area contributed by atoms with E-state index in [1.165, 1.54) is 12.1 Å². The molecular formula is C16H14Br3N3O4. The highest BCUT2D eigenvalue weighted by Crippen LogP contribution is 2.44. The molecule has 1 N–H and O–H groups in total. The number of hydrogen-bond acceptors (Lipinski definition) is 5. The molecule has 0 radical (unpaired) electrons. The van der Waals surface area contributed by atoms with E-state index in [4.69, 9.17) is 0 Å². The van der Waals surface area contributed by atoms with Crippen LogP contribution < -0.4 is 5.32 Å². The molecule has 0 aromatic heterocycles. The summed E-state index contributed by atoms with van der Waals surface area (Å²) in [4.78, 5) is 22.0. The van der Waals surface area contributed by atoms with Crippen molar-refractivity contribution in [2.45, 2.75) is 26.2 Å². The number of nitrogens with zero attached hydrogens (tertiary/aromatic N) is 2. The van der Waals surface area contributed by atoms with Gasteiger partial charge in [0.2, 0.25) is 0 Å². The summed E-state index contributed by atoms with van der Waals surface area (Å²) in [5.41, 5.74) is -0.404. The third-order valence-electron chi connectivity index (χ3n) is 3.61. The van der Waals surface area contributed by atoms with Crippen molar-refractivity contribution in [1.82, 2.24) is 0 Å². The van der Waals surface area contributed by atoms with Crippen molar-refractivity contribution in [2.24, 2.45) is 0 Å². The van der Waals surface area contributed by atoms with Crippen molar-refractivity contribution in [1.29, 1.82) is 0 Å². The number of halogens is 3. The summed E-state index contributed by atoms with van der Waals surface area (Å²) in [6, 6.07) is 6.20. The Morgan fingerprint density at radius 2 is 1.27 bits per heavy atom. The molecule has 26 heavy (non-hydrogen) atoms. The topological polar surface area (TPSA) is 98.3 Å². The van der Waals surface area contributed by atoms with Crippen LogP contribution in [-0.4, -0.2) is 9.85 Å². The summed E-state index contributed by atoms with van der Waals surface area (Å²) >= 11 is 10.1. The highest BCUT2D eigenvalue weighted by molar-refractivity contribution is 9.11. The molecule has 0 saturated carbocycles. The summed E-state index contributed by atoms with van der Waals surface area (Å²) in [5.74, 6) is 0. The van der Waals surface area contributed by atoms with Crippen molar-refractivity contribution in [3.63, 3.8) is 0 Å². The molecule has 2 aromatic carbocycles. The second-order valence-corrected chi connectivity index (χ2v) is 9.15. The number of nitro groups is 2. The van der Waals surface area contributed by atoms with Crippen LogP contribution in [0.25, 0.3) is 0 Å². The molecule has 0 unspecified atom stereocenters. The van der Waals surface area contributed by atoms with Gasteiger partial charge >= 0.3 is 0 Å². The van der Waals surface area contributed by atoms with Gasteiger partial charge < -0.3 is 5.32 Å². The average Bonchev–Trinajstić information content (AvgIpc) is 2.48. The first-order valence-electron chi connectivity index (χ1n) is 7.30. The van der Waals surface area contributed by atoms with Crippen molar-refractivity contribution in [3.05, 3.63) is 63.5 Å². The third-order valence-corrected chi connectivity index (χ3v) is 5.32. The molecule has 2 rings (SSSR count). The SMILES string of the molecule is CC(C)(C)c1cc([N+](=O)[O-])c(Nc2c(Br)cc(Br)cc2Br)c([N+](=O)[O-])c1. The Kier molecular flexibility index (Phi) is 6.09. The Morgan fingerprint density at radius 3 is 1.62 bits per heavy atom. The molecule has 0 atom stereocenters. The number of hydrogen-bond donors (Lipinski definition) is 1. The summed E-state index contributed by atoms with van der Waals surface area (Å²) in [5, 5.41) is 26.1. The van der Waals surface area contributed by atoms with Gasteiger partial charge in [-0.1, -0.05) is 36.7 Å². The Balaban J connectivity index is 2.75. The molecule has 0 spiro atoms. The molecule has 10 heteroatoms. The number of nitro benzene ring substituents is 2. The van der Waals surface area contributed by atoms with Crippen molar-refractivity contribution in [3.8, 4) is 0 Å². The fourth-order valence-corrected chi connectivity index (χ4v) is 4.70. The molecule has 2 aromatic rings. The zero-order valence-electron chi connectivity index (χ0n) is 14.0. The second-order valence-electron chi connectivity index (χ2n) is 6.52. The summed E-state index contributed by atoms with van der Waals surface area (Å²) < 4.78 is 1.94. The van der Waals surface area contributed by atoms with E-state index in [1.807, 2.05) is 20.8 Å². The van der Waals surface area contributed by atoms with Crippen LogP contribution in [0.1, 0.15) is 26.3 Å². The maximum Gasteiger partial charge on any atom is 0.300 e. The minimum atomic E-state index is -0.620. The fourth-order valence-electron chi connectivity index (χ4n) is 2.25. The van der Waals surface area contributed by atoms with Gasteiger partial charge in [-0.2, -0.15) is 0 Å². The molecule has 0 saturated heterocycles. The number of anilines is 2. The largest absolute Gasteiger partial charge is 0.342 e. The lowest BCUT2D eigenvalue weighted by atomic mass is 9.86.